The third-order valence-electron chi connectivity index (χ3n) is 3.95. The number of hydrogen-bond donors (Lipinski definition) is 0. The van der Waals surface area contributed by atoms with Crippen molar-refractivity contribution in [3.63, 3.8) is 0 Å². The molecule has 1 aliphatic heterocycles. The molecule has 2 heteroatoms. The number of benzene rings is 2. The molecule has 0 bridgehead atoms. The summed E-state index contributed by atoms with van der Waals surface area (Å²) in [5, 5.41) is 0. The van der Waals surface area contributed by atoms with Crippen LogP contribution in [-0.4, -0.2) is 18.1 Å². The molecule has 22 heavy (non-hydrogen) atoms. The van der Waals surface area contributed by atoms with Crippen molar-refractivity contribution in [1.82, 2.24) is 0 Å². The Labute approximate surface area is 132 Å². The maximum absolute atomic E-state index is 4.70. The lowest BCUT2D eigenvalue weighted by molar-refractivity contribution is 0.587. The molecule has 112 valence electrons. The molecule has 0 spiro atoms. The van der Waals surface area contributed by atoms with E-state index in [0.717, 1.165) is 35.0 Å². The van der Waals surface area contributed by atoms with Gasteiger partial charge in [-0.25, -0.2) is 4.99 Å². The second kappa shape index (κ2) is 6.69. The molecule has 1 heterocycles. The highest BCUT2D eigenvalue weighted by molar-refractivity contribution is 6.17. The highest BCUT2D eigenvalue weighted by Crippen LogP contribution is 2.15. The molecule has 0 atom stereocenters. The zero-order chi connectivity index (χ0) is 15.4. The number of rotatable bonds is 5. The smallest absolute Gasteiger partial charge is 0.155 e. The molecule has 0 N–H and O–H groups in total. The van der Waals surface area contributed by atoms with Crippen molar-refractivity contribution >= 4 is 11.5 Å². The predicted molar refractivity (Wildman–Crippen MR) is 94.0 cm³/mol. The highest BCUT2D eigenvalue weighted by atomic mass is 15.0. The van der Waals surface area contributed by atoms with Crippen LogP contribution in [0.1, 0.15) is 37.0 Å². The Bertz CT molecular complexity index is 679. The fourth-order valence-corrected chi connectivity index (χ4v) is 2.57. The number of hydrogen-bond acceptors (Lipinski definition) is 2. The zero-order valence-corrected chi connectivity index (χ0v) is 13.3. The minimum Gasteiger partial charge on any atom is -0.260 e. The molecule has 2 aromatic carbocycles. The van der Waals surface area contributed by atoms with E-state index in [1.807, 2.05) is 18.2 Å². The van der Waals surface area contributed by atoms with Crippen LogP contribution in [0.25, 0.3) is 0 Å². The van der Waals surface area contributed by atoms with E-state index in [9.17, 15) is 0 Å². The fraction of sp³-hybridized carbons (Fsp3) is 0.300. The number of aryl methyl sites for hydroxylation is 1. The maximum atomic E-state index is 4.70. The van der Waals surface area contributed by atoms with Gasteiger partial charge in [-0.2, -0.15) is 0 Å². The molecule has 0 saturated carbocycles. The third-order valence-corrected chi connectivity index (χ3v) is 3.95. The first kappa shape index (κ1) is 14.7. The van der Waals surface area contributed by atoms with Gasteiger partial charge in [-0.1, -0.05) is 68.4 Å². The molecule has 0 radical (unpaired) electrons. The Balaban J connectivity index is 1.71. The minimum atomic E-state index is 0.675. The van der Waals surface area contributed by atoms with E-state index in [1.165, 1.54) is 12.0 Å². The van der Waals surface area contributed by atoms with Crippen molar-refractivity contribution in [2.75, 3.05) is 6.54 Å². The minimum absolute atomic E-state index is 0.675. The van der Waals surface area contributed by atoms with Crippen LogP contribution in [0.4, 0.5) is 0 Å². The van der Waals surface area contributed by atoms with Gasteiger partial charge in [0.05, 0.1) is 12.3 Å². The maximum Gasteiger partial charge on any atom is 0.155 e. The average molecular weight is 290 g/mol. The van der Waals surface area contributed by atoms with Crippen LogP contribution >= 0.6 is 0 Å². The molecule has 1 aliphatic rings. The number of nitrogens with zero attached hydrogens (tertiary/aromatic N) is 2. The topological polar surface area (TPSA) is 24.7 Å². The molecular formula is C20H22N2. The summed E-state index contributed by atoms with van der Waals surface area (Å²) in [6, 6.07) is 19.0. The van der Waals surface area contributed by atoms with Gasteiger partial charge in [0, 0.05) is 5.56 Å². The zero-order valence-electron chi connectivity index (χ0n) is 13.3. The summed E-state index contributed by atoms with van der Waals surface area (Å²) in [5.41, 5.74) is 4.72. The molecule has 0 amide bonds. The summed E-state index contributed by atoms with van der Waals surface area (Å²) in [6.07, 6.45) is 2.37. The SMILES string of the molecule is CC(C)CCc1ccc(C2=NCC(c3ccccc3)=N2)cc1. The number of aliphatic imine (C=N–C) groups is 2. The Morgan fingerprint density at radius 2 is 1.64 bits per heavy atom. The van der Waals surface area contributed by atoms with Gasteiger partial charge in [-0.15, -0.1) is 0 Å². The Morgan fingerprint density at radius 3 is 2.32 bits per heavy atom. The first-order valence-electron chi connectivity index (χ1n) is 7.99. The van der Waals surface area contributed by atoms with Gasteiger partial charge in [0.2, 0.25) is 0 Å². The van der Waals surface area contributed by atoms with Gasteiger partial charge in [-0.3, -0.25) is 4.99 Å². The molecule has 0 unspecified atom stereocenters. The van der Waals surface area contributed by atoms with Gasteiger partial charge >= 0.3 is 0 Å². The van der Waals surface area contributed by atoms with Gasteiger partial charge in [-0.05, 0) is 29.9 Å². The van der Waals surface area contributed by atoms with E-state index in [-0.39, 0.29) is 0 Å². The molecule has 0 aliphatic carbocycles. The first-order chi connectivity index (χ1) is 10.7. The van der Waals surface area contributed by atoms with Crippen molar-refractivity contribution in [2.24, 2.45) is 15.9 Å². The summed E-state index contributed by atoms with van der Waals surface area (Å²) < 4.78 is 0. The van der Waals surface area contributed by atoms with E-state index in [2.05, 4.69) is 55.2 Å². The monoisotopic (exact) mass is 290 g/mol. The van der Waals surface area contributed by atoms with Crippen molar-refractivity contribution < 1.29 is 0 Å². The van der Waals surface area contributed by atoms with Crippen LogP contribution in [0.15, 0.2) is 64.6 Å². The standard InChI is InChI=1S/C20H22N2/c1-15(2)8-9-16-10-12-18(13-11-16)20-21-14-19(22-20)17-6-4-3-5-7-17/h3-7,10-13,15H,8-9,14H2,1-2H3. The van der Waals surface area contributed by atoms with E-state index in [1.54, 1.807) is 0 Å². The molecule has 0 fully saturated rings. The lowest BCUT2D eigenvalue weighted by atomic mass is 10.0. The molecule has 0 saturated heterocycles. The third kappa shape index (κ3) is 3.51. The average Bonchev–Trinajstić information content (AvgIpc) is 3.04. The summed E-state index contributed by atoms with van der Waals surface area (Å²) in [7, 11) is 0. The molecule has 2 nitrogen and oxygen atoms in total. The molecule has 3 rings (SSSR count). The van der Waals surface area contributed by atoms with Crippen LogP contribution in [0.2, 0.25) is 0 Å². The lowest BCUT2D eigenvalue weighted by Gasteiger charge is -2.05. The number of amidine groups is 1. The second-order valence-corrected chi connectivity index (χ2v) is 6.19. The quantitative estimate of drug-likeness (QED) is 0.773. The normalized spacial score (nSPS) is 14.1. The van der Waals surface area contributed by atoms with Crippen molar-refractivity contribution in [3.05, 3.63) is 71.3 Å². The summed E-state index contributed by atoms with van der Waals surface area (Å²) in [6.45, 7) is 5.21. The van der Waals surface area contributed by atoms with E-state index in [0.29, 0.717) is 6.54 Å². The molecular weight excluding hydrogens is 268 g/mol. The van der Waals surface area contributed by atoms with Crippen LogP contribution in [-0.2, 0) is 6.42 Å². The van der Waals surface area contributed by atoms with Crippen LogP contribution in [0.5, 0.6) is 0 Å². The van der Waals surface area contributed by atoms with Crippen molar-refractivity contribution in [2.45, 2.75) is 26.7 Å². The van der Waals surface area contributed by atoms with Crippen LogP contribution in [0.3, 0.4) is 0 Å². The van der Waals surface area contributed by atoms with Crippen molar-refractivity contribution in [1.29, 1.82) is 0 Å². The largest absolute Gasteiger partial charge is 0.260 e. The summed E-state index contributed by atoms with van der Waals surface area (Å²) >= 11 is 0. The second-order valence-electron chi connectivity index (χ2n) is 6.19. The summed E-state index contributed by atoms with van der Waals surface area (Å²) in [4.78, 5) is 9.28. The van der Waals surface area contributed by atoms with E-state index < -0.39 is 0 Å². The lowest BCUT2D eigenvalue weighted by Crippen LogP contribution is -2.01. The van der Waals surface area contributed by atoms with Gasteiger partial charge in [0.1, 0.15) is 0 Å². The Kier molecular flexibility index (Phi) is 4.47. The first-order valence-corrected chi connectivity index (χ1v) is 7.99. The van der Waals surface area contributed by atoms with Gasteiger partial charge < -0.3 is 0 Å². The predicted octanol–water partition coefficient (Wildman–Crippen LogP) is 4.52. The molecule has 2 aromatic rings. The van der Waals surface area contributed by atoms with Crippen LogP contribution < -0.4 is 0 Å². The van der Waals surface area contributed by atoms with Crippen molar-refractivity contribution in [3.8, 4) is 0 Å². The Morgan fingerprint density at radius 1 is 0.909 bits per heavy atom. The van der Waals surface area contributed by atoms with Crippen LogP contribution in [0, 0.1) is 5.92 Å². The highest BCUT2D eigenvalue weighted by Gasteiger charge is 2.13. The Hall–Kier alpha value is -2.22. The van der Waals surface area contributed by atoms with Gasteiger partial charge in [0.15, 0.2) is 5.84 Å². The van der Waals surface area contributed by atoms with Gasteiger partial charge in [0.25, 0.3) is 0 Å². The fourth-order valence-electron chi connectivity index (χ4n) is 2.57. The molecule has 0 aromatic heterocycles. The summed E-state index contributed by atoms with van der Waals surface area (Å²) in [5.74, 6) is 1.60. The van der Waals surface area contributed by atoms with E-state index >= 15 is 0 Å². The van der Waals surface area contributed by atoms with E-state index in [4.69, 9.17) is 4.99 Å².